The van der Waals surface area contributed by atoms with E-state index in [1.165, 1.54) is 6.20 Å². The average molecular weight is 427 g/mol. The lowest BCUT2D eigenvalue weighted by Crippen LogP contribution is -2.38. The number of carbonyl (C=O) groups is 3. The molecule has 30 heavy (non-hydrogen) atoms. The number of nitrogens with one attached hydrogen (secondary N) is 2. The predicted molar refractivity (Wildman–Crippen MR) is 114 cm³/mol. The number of imide groups is 1. The van der Waals surface area contributed by atoms with E-state index < -0.39 is 11.9 Å². The second-order valence-electron chi connectivity index (χ2n) is 6.56. The normalized spacial score (nSPS) is 10.5. The number of carbonyl (C=O) groups excluding carboxylic acids is 3. The highest BCUT2D eigenvalue weighted by atomic mass is 35.5. The zero-order valence-electron chi connectivity index (χ0n) is 16.3. The first-order valence-electron chi connectivity index (χ1n) is 8.94. The Balaban J connectivity index is 1.74. The van der Waals surface area contributed by atoms with Crippen molar-refractivity contribution in [2.75, 3.05) is 11.9 Å². The number of ether oxygens (including phenoxy) is 1. The SMILES string of the molecule is Cc1cc(OCC(=O)NC(N)=O)ccc1NC(=O)c1cnc2c(Cl)cccc2c1C. The summed E-state index contributed by atoms with van der Waals surface area (Å²) < 4.78 is 5.32. The maximum Gasteiger partial charge on any atom is 0.318 e. The molecule has 0 aliphatic heterocycles. The first kappa shape index (κ1) is 21.1. The standard InChI is InChI=1S/C21H19ClN4O4/c1-11-8-13(30-10-18(27)26-21(23)29)6-7-17(11)25-20(28)15-9-24-19-14(12(15)2)4-3-5-16(19)22/h3-9H,10H2,1-2H3,(H,25,28)(H3,23,26,27,29). The number of benzene rings is 2. The molecule has 3 aromatic rings. The summed E-state index contributed by atoms with van der Waals surface area (Å²) in [4.78, 5) is 39.2. The number of nitrogens with zero attached hydrogens (tertiary/aromatic N) is 1. The monoisotopic (exact) mass is 426 g/mol. The van der Waals surface area contributed by atoms with Crippen molar-refractivity contribution >= 4 is 46.0 Å². The van der Waals surface area contributed by atoms with E-state index in [0.29, 0.717) is 27.5 Å². The number of halogens is 1. The highest BCUT2D eigenvalue weighted by Gasteiger charge is 2.15. The van der Waals surface area contributed by atoms with E-state index >= 15 is 0 Å². The zero-order valence-corrected chi connectivity index (χ0v) is 17.0. The molecule has 4 N–H and O–H groups in total. The third-order valence-electron chi connectivity index (χ3n) is 4.44. The smallest absolute Gasteiger partial charge is 0.318 e. The number of urea groups is 1. The molecule has 3 rings (SSSR count). The van der Waals surface area contributed by atoms with E-state index in [2.05, 4.69) is 10.3 Å². The lowest BCUT2D eigenvalue weighted by molar-refractivity contribution is -0.121. The molecule has 1 heterocycles. The number of rotatable bonds is 5. The van der Waals surface area contributed by atoms with Crippen LogP contribution in [0.2, 0.25) is 5.02 Å². The Morgan fingerprint density at radius 3 is 2.63 bits per heavy atom. The Kier molecular flexibility index (Phi) is 6.17. The Morgan fingerprint density at radius 1 is 1.17 bits per heavy atom. The molecule has 0 saturated carbocycles. The van der Waals surface area contributed by atoms with Crippen molar-refractivity contribution in [2.45, 2.75) is 13.8 Å². The number of nitrogens with two attached hydrogens (primary N) is 1. The van der Waals surface area contributed by atoms with E-state index in [4.69, 9.17) is 22.1 Å². The fourth-order valence-corrected chi connectivity index (χ4v) is 3.15. The number of aromatic nitrogens is 1. The zero-order chi connectivity index (χ0) is 21.8. The number of primary amides is 1. The molecule has 0 spiro atoms. The fourth-order valence-electron chi connectivity index (χ4n) is 2.93. The van der Waals surface area contributed by atoms with Gasteiger partial charge in [-0.1, -0.05) is 23.7 Å². The molecule has 154 valence electrons. The van der Waals surface area contributed by atoms with Gasteiger partial charge < -0.3 is 15.8 Å². The molecule has 0 unspecified atom stereocenters. The van der Waals surface area contributed by atoms with Crippen molar-refractivity contribution in [3.8, 4) is 5.75 Å². The van der Waals surface area contributed by atoms with Crippen LogP contribution in [-0.4, -0.2) is 29.4 Å². The minimum absolute atomic E-state index is 0.306. The van der Waals surface area contributed by atoms with Gasteiger partial charge in [0.1, 0.15) is 5.75 Å². The van der Waals surface area contributed by atoms with Crippen molar-refractivity contribution < 1.29 is 19.1 Å². The van der Waals surface area contributed by atoms with E-state index in [1.54, 1.807) is 31.2 Å². The fraction of sp³-hybridized carbons (Fsp3) is 0.143. The largest absolute Gasteiger partial charge is 0.484 e. The van der Waals surface area contributed by atoms with Crippen LogP contribution in [0.4, 0.5) is 10.5 Å². The summed E-state index contributed by atoms with van der Waals surface area (Å²) in [5.41, 5.74) is 8.04. The van der Waals surface area contributed by atoms with Crippen LogP contribution >= 0.6 is 11.6 Å². The molecule has 0 saturated heterocycles. The number of hydrogen-bond acceptors (Lipinski definition) is 5. The lowest BCUT2D eigenvalue weighted by Gasteiger charge is -2.13. The molecule has 0 radical (unpaired) electrons. The Hall–Kier alpha value is -3.65. The van der Waals surface area contributed by atoms with Crippen molar-refractivity contribution in [1.82, 2.24) is 10.3 Å². The molecule has 0 aliphatic carbocycles. The van der Waals surface area contributed by atoms with E-state index in [-0.39, 0.29) is 12.5 Å². The summed E-state index contributed by atoms with van der Waals surface area (Å²) in [6.45, 7) is 3.27. The molecule has 0 bridgehead atoms. The number of aryl methyl sites for hydroxylation is 2. The maximum absolute atomic E-state index is 12.8. The molecule has 4 amide bonds. The number of para-hydroxylation sites is 1. The molecule has 2 aromatic carbocycles. The van der Waals surface area contributed by atoms with E-state index in [0.717, 1.165) is 16.5 Å². The van der Waals surface area contributed by atoms with Crippen LogP contribution < -0.4 is 21.1 Å². The summed E-state index contributed by atoms with van der Waals surface area (Å²) in [6.07, 6.45) is 1.50. The van der Waals surface area contributed by atoms with Gasteiger partial charge in [-0.2, -0.15) is 0 Å². The van der Waals surface area contributed by atoms with Gasteiger partial charge in [0.2, 0.25) is 0 Å². The van der Waals surface area contributed by atoms with Crippen LogP contribution in [-0.2, 0) is 4.79 Å². The lowest BCUT2D eigenvalue weighted by atomic mass is 10.0. The van der Waals surface area contributed by atoms with Gasteiger partial charge in [0.25, 0.3) is 11.8 Å². The van der Waals surface area contributed by atoms with Crippen molar-refractivity contribution in [1.29, 1.82) is 0 Å². The molecule has 8 nitrogen and oxygen atoms in total. The number of anilines is 1. The first-order valence-corrected chi connectivity index (χ1v) is 9.32. The third kappa shape index (κ3) is 4.66. The molecule has 0 atom stereocenters. The highest BCUT2D eigenvalue weighted by Crippen LogP contribution is 2.27. The van der Waals surface area contributed by atoms with Crippen LogP contribution in [0.1, 0.15) is 21.5 Å². The summed E-state index contributed by atoms with van der Waals surface area (Å²) in [5, 5.41) is 6.10. The molecular formula is C21H19ClN4O4. The predicted octanol–water partition coefficient (Wildman–Crippen LogP) is 3.33. The van der Waals surface area contributed by atoms with Gasteiger partial charge in [0.05, 0.1) is 16.1 Å². The molecular weight excluding hydrogens is 408 g/mol. The van der Waals surface area contributed by atoms with Gasteiger partial charge in [0, 0.05) is 17.3 Å². The Bertz CT molecular complexity index is 1160. The third-order valence-corrected chi connectivity index (χ3v) is 4.75. The van der Waals surface area contributed by atoms with Gasteiger partial charge in [0.15, 0.2) is 6.61 Å². The summed E-state index contributed by atoms with van der Waals surface area (Å²) in [7, 11) is 0. The summed E-state index contributed by atoms with van der Waals surface area (Å²) in [5.74, 6) is -0.556. The summed E-state index contributed by atoms with van der Waals surface area (Å²) in [6, 6.07) is 9.41. The Labute approximate surface area is 177 Å². The average Bonchev–Trinajstić information content (AvgIpc) is 2.68. The minimum atomic E-state index is -0.946. The van der Waals surface area contributed by atoms with Gasteiger partial charge in [-0.05, 0) is 49.2 Å². The topological polar surface area (TPSA) is 123 Å². The molecule has 9 heteroatoms. The van der Waals surface area contributed by atoms with Gasteiger partial charge >= 0.3 is 6.03 Å². The molecule has 0 fully saturated rings. The van der Waals surface area contributed by atoms with Gasteiger partial charge in [-0.3, -0.25) is 19.9 Å². The van der Waals surface area contributed by atoms with Gasteiger partial charge in [-0.15, -0.1) is 0 Å². The second-order valence-corrected chi connectivity index (χ2v) is 6.97. The molecule has 1 aromatic heterocycles. The second kappa shape index (κ2) is 8.79. The summed E-state index contributed by atoms with van der Waals surface area (Å²) >= 11 is 6.17. The number of hydrogen-bond donors (Lipinski definition) is 3. The number of pyridine rings is 1. The van der Waals surface area contributed by atoms with Crippen LogP contribution in [0.25, 0.3) is 10.9 Å². The highest BCUT2D eigenvalue weighted by molar-refractivity contribution is 6.35. The number of fused-ring (bicyclic) bond motifs is 1. The first-order chi connectivity index (χ1) is 14.3. The number of amides is 4. The minimum Gasteiger partial charge on any atom is -0.484 e. The van der Waals surface area contributed by atoms with Crippen LogP contribution in [0, 0.1) is 13.8 Å². The Morgan fingerprint density at radius 2 is 1.93 bits per heavy atom. The van der Waals surface area contributed by atoms with Crippen molar-refractivity contribution in [3.63, 3.8) is 0 Å². The van der Waals surface area contributed by atoms with Crippen LogP contribution in [0.15, 0.2) is 42.6 Å². The van der Waals surface area contributed by atoms with Crippen LogP contribution in [0.5, 0.6) is 5.75 Å². The molecule has 0 aliphatic rings. The van der Waals surface area contributed by atoms with E-state index in [1.807, 2.05) is 24.4 Å². The maximum atomic E-state index is 12.8. The quantitative estimate of drug-likeness (QED) is 0.577. The van der Waals surface area contributed by atoms with E-state index in [9.17, 15) is 14.4 Å². The van der Waals surface area contributed by atoms with Crippen molar-refractivity contribution in [2.24, 2.45) is 5.73 Å². The van der Waals surface area contributed by atoms with Crippen molar-refractivity contribution in [3.05, 3.63) is 64.3 Å². The van der Waals surface area contributed by atoms with Crippen LogP contribution in [0.3, 0.4) is 0 Å². The van der Waals surface area contributed by atoms with Gasteiger partial charge in [-0.25, -0.2) is 4.79 Å².